The molecule has 16 nitrogen and oxygen atoms in total. The number of carbonyl (C=O) groups is 5. The van der Waals surface area contributed by atoms with E-state index in [1.807, 2.05) is 60.7 Å². The predicted octanol–water partition coefficient (Wildman–Crippen LogP) is 8.36. The number of aromatic carboxylic acids is 1. The molecule has 2 aliphatic heterocycles. The first kappa shape index (κ1) is 50.5. The van der Waals surface area contributed by atoms with E-state index >= 15 is 0 Å². The maximum Gasteiger partial charge on any atom is 0.336 e. The highest BCUT2D eigenvalue weighted by Gasteiger charge is 2.47. The summed E-state index contributed by atoms with van der Waals surface area (Å²) in [5.41, 5.74) is 3.65. The number of aromatic nitrogens is 1. The number of amides is 4. The Morgan fingerprint density at radius 3 is 2.36 bits per heavy atom. The number of alkyl halides is 2. The van der Waals surface area contributed by atoms with Crippen LogP contribution in [0.25, 0.3) is 66.2 Å². The third-order valence-corrected chi connectivity index (χ3v) is 13.3. The van der Waals surface area contributed by atoms with E-state index in [0.29, 0.717) is 45.1 Å². The Balaban J connectivity index is 0.834. The van der Waals surface area contributed by atoms with Crippen molar-refractivity contribution < 1.29 is 52.1 Å². The van der Waals surface area contributed by atoms with E-state index in [4.69, 9.17) is 9.15 Å². The number of phenols is 1. The second kappa shape index (κ2) is 21.1. The lowest BCUT2D eigenvalue weighted by Gasteiger charge is -2.20. The van der Waals surface area contributed by atoms with Gasteiger partial charge in [0.2, 0.25) is 11.8 Å². The summed E-state index contributed by atoms with van der Waals surface area (Å²) in [5.74, 6) is -6.63. The van der Waals surface area contributed by atoms with Gasteiger partial charge in [0.25, 0.3) is 17.7 Å². The zero-order valence-corrected chi connectivity index (χ0v) is 40.6. The lowest BCUT2D eigenvalue weighted by atomic mass is 9.89. The summed E-state index contributed by atoms with van der Waals surface area (Å²) in [6, 6.07) is 40.0. The van der Waals surface area contributed by atoms with Gasteiger partial charge in [0.05, 0.1) is 48.4 Å². The summed E-state index contributed by atoms with van der Waals surface area (Å²) in [6.45, 7) is -1.92. The van der Waals surface area contributed by atoms with Crippen molar-refractivity contribution in [3.8, 4) is 51.1 Å². The number of phenolic OH excluding ortho intramolecular Hbond substituents is 1. The molecule has 0 radical (unpaired) electrons. The van der Waals surface area contributed by atoms with Crippen LogP contribution in [0.1, 0.15) is 43.1 Å². The van der Waals surface area contributed by atoms with Gasteiger partial charge < -0.3 is 40.2 Å². The molecular formula is C59H44F2N6O10. The summed E-state index contributed by atoms with van der Waals surface area (Å²) in [6.07, 6.45) is 1.03. The van der Waals surface area contributed by atoms with Gasteiger partial charge in [-0.05, 0) is 112 Å². The molecule has 7 aromatic rings. The third-order valence-electron chi connectivity index (χ3n) is 13.3. The average molecular weight is 1040 g/mol. The van der Waals surface area contributed by atoms with Gasteiger partial charge in [-0.25, -0.2) is 13.6 Å². The van der Waals surface area contributed by atoms with Gasteiger partial charge in [-0.15, -0.1) is 0 Å². The lowest BCUT2D eigenvalue weighted by Crippen LogP contribution is -2.45. The molecular weight excluding hydrogens is 991 g/mol. The summed E-state index contributed by atoms with van der Waals surface area (Å²) < 4.78 is 40.2. The molecule has 6 aromatic carbocycles. The fraction of sp³-hybridized carbons (Fsp3) is 0.153. The van der Waals surface area contributed by atoms with E-state index in [1.165, 1.54) is 60.8 Å². The molecule has 1 saturated heterocycles. The largest absolute Gasteiger partial charge is 0.508 e. The topological polar surface area (TPSA) is 241 Å². The second-order valence-electron chi connectivity index (χ2n) is 18.5. The Hall–Kier alpha value is -10.0. The molecule has 2 atom stereocenters. The minimum atomic E-state index is -3.20. The molecule has 5 N–H and O–H groups in total. The molecule has 0 spiro atoms. The molecule has 10 rings (SSSR count). The van der Waals surface area contributed by atoms with Gasteiger partial charge in [-0.1, -0.05) is 60.7 Å². The van der Waals surface area contributed by atoms with Gasteiger partial charge in [0.1, 0.15) is 35.5 Å². The van der Waals surface area contributed by atoms with Crippen molar-refractivity contribution in [2.45, 2.75) is 30.8 Å². The van der Waals surface area contributed by atoms with E-state index in [1.54, 1.807) is 36.4 Å². The van der Waals surface area contributed by atoms with Crippen molar-refractivity contribution >= 4 is 62.2 Å². The Bertz CT molecular complexity index is 3910. The number of benzene rings is 7. The molecule has 4 amide bonds. The maximum atomic E-state index is 14.0. The molecule has 18 heteroatoms. The van der Waals surface area contributed by atoms with Gasteiger partial charge in [0.15, 0.2) is 5.43 Å². The number of fused-ring (bicyclic) bond motifs is 4. The number of ether oxygens (including phenoxy) is 1. The van der Waals surface area contributed by atoms with Gasteiger partial charge in [-0.3, -0.25) is 29.0 Å². The summed E-state index contributed by atoms with van der Waals surface area (Å²) in [7, 11) is 0. The number of nitriles is 1. The number of carboxylic acid groups (broad SMARTS) is 1. The summed E-state index contributed by atoms with van der Waals surface area (Å²) >= 11 is 0. The first-order chi connectivity index (χ1) is 37.1. The van der Waals surface area contributed by atoms with Crippen LogP contribution >= 0.6 is 0 Å². The Labute approximate surface area is 436 Å². The van der Waals surface area contributed by atoms with E-state index in [-0.39, 0.29) is 51.4 Å². The minimum Gasteiger partial charge on any atom is -0.508 e. The molecule has 3 aliphatic rings. The second-order valence-corrected chi connectivity index (χ2v) is 18.5. The smallest absolute Gasteiger partial charge is 0.336 e. The number of nitrogens with zero attached hydrogens (tertiary/aromatic N) is 3. The van der Waals surface area contributed by atoms with E-state index in [0.717, 1.165) is 26.8 Å². The number of pyridine rings is 1. The van der Waals surface area contributed by atoms with E-state index < -0.39 is 73.7 Å². The predicted molar refractivity (Wildman–Crippen MR) is 281 cm³/mol. The highest BCUT2D eigenvalue weighted by Crippen LogP contribution is 2.42. The van der Waals surface area contributed by atoms with Crippen molar-refractivity contribution in [3.63, 3.8) is 0 Å². The molecule has 3 heterocycles. The highest BCUT2D eigenvalue weighted by atomic mass is 19.3. The van der Waals surface area contributed by atoms with Crippen LogP contribution in [0.2, 0.25) is 0 Å². The standard InChI is InChI=1S/C59H44F2N6O10/c60-59(61)27-40(28-62)67(32-59)54(71)30-65-57(73)44-19-20-63-50-18-10-37(23-48(44)50)35-7-13-43(14-8-35)76-31-39(22-33-5-6-34-3-1-2-4-36(34)21-33)66-53(70)29-64-56(72)38-9-15-45(58(74)75)49(24-38)55-46-16-11-41(68)25-51(46)77-52-26-42(69)12-17-47(52)55/h1-21,23-26,39-40,68H,22,27,29-32H2,(H,64,72)(H,65,73)(H,66,70)(H,74,75)/t39-,40-/m0/s1. The van der Waals surface area contributed by atoms with Crippen molar-refractivity contribution in [3.05, 3.63) is 184 Å². The van der Waals surface area contributed by atoms with Crippen LogP contribution in [0, 0.1) is 11.3 Å². The number of nitrogens with one attached hydrogen (secondary N) is 3. The van der Waals surface area contributed by atoms with Crippen LogP contribution in [-0.4, -0.2) is 93.9 Å². The van der Waals surface area contributed by atoms with Crippen LogP contribution in [0.4, 0.5) is 8.78 Å². The molecule has 77 heavy (non-hydrogen) atoms. The summed E-state index contributed by atoms with van der Waals surface area (Å²) in [5, 5.41) is 40.9. The Morgan fingerprint density at radius 2 is 1.57 bits per heavy atom. The van der Waals surface area contributed by atoms with Gasteiger partial charge >= 0.3 is 5.97 Å². The molecule has 1 aliphatic carbocycles. The number of carboxylic acids is 1. The van der Waals surface area contributed by atoms with E-state index in [2.05, 4.69) is 20.9 Å². The molecule has 1 fully saturated rings. The number of rotatable bonds is 15. The Morgan fingerprint density at radius 1 is 0.792 bits per heavy atom. The minimum absolute atomic E-state index is 0.0166. The first-order valence-electron chi connectivity index (χ1n) is 24.2. The van der Waals surface area contributed by atoms with Crippen molar-refractivity contribution in [1.82, 2.24) is 25.8 Å². The van der Waals surface area contributed by atoms with Crippen molar-refractivity contribution in [1.29, 1.82) is 5.26 Å². The van der Waals surface area contributed by atoms with Gasteiger partial charge in [0, 0.05) is 52.2 Å². The molecule has 0 unspecified atom stereocenters. The lowest BCUT2D eigenvalue weighted by molar-refractivity contribution is -0.131. The average Bonchev–Trinajstić information content (AvgIpc) is 3.78. The summed E-state index contributed by atoms with van der Waals surface area (Å²) in [4.78, 5) is 83.8. The fourth-order valence-electron chi connectivity index (χ4n) is 9.58. The van der Waals surface area contributed by atoms with Crippen LogP contribution in [0.15, 0.2) is 161 Å². The van der Waals surface area contributed by atoms with Crippen molar-refractivity contribution in [2.24, 2.45) is 0 Å². The van der Waals surface area contributed by atoms with Crippen LogP contribution in [-0.2, 0) is 16.0 Å². The quantitative estimate of drug-likeness (QED) is 0.0609. The van der Waals surface area contributed by atoms with Crippen molar-refractivity contribution in [2.75, 3.05) is 26.2 Å². The molecule has 0 bridgehead atoms. The number of hydrogen-bond donors (Lipinski definition) is 5. The molecule has 384 valence electrons. The van der Waals surface area contributed by atoms with Crippen LogP contribution in [0.5, 0.6) is 11.5 Å². The molecule has 1 aromatic heterocycles. The van der Waals surface area contributed by atoms with Gasteiger partial charge in [-0.2, -0.15) is 5.26 Å². The zero-order valence-electron chi connectivity index (χ0n) is 40.6. The maximum absolute atomic E-state index is 14.0. The number of hydrogen-bond acceptors (Lipinski definition) is 11. The third kappa shape index (κ3) is 11.0. The molecule has 0 saturated carbocycles. The SMILES string of the molecule is N#C[C@@H]1CC(F)(F)CN1C(=O)CNC(=O)c1ccnc2ccc(-c3ccc(OC[C@H](Cc4ccc5ccccc5c4)NC(=O)CNC(=O)c4ccc(C(=O)O)c(-c5c6ccc(=O)cc-6oc6cc(O)ccc56)c4)cc3)cc12. The van der Waals surface area contributed by atoms with Crippen LogP contribution in [0.3, 0.4) is 0 Å². The number of aromatic hydroxyl groups is 1. The van der Waals surface area contributed by atoms with Crippen LogP contribution < -0.4 is 26.1 Å². The number of likely N-dealkylation sites (tertiary alicyclic amines) is 1. The normalized spacial score (nSPS) is 14.2. The highest BCUT2D eigenvalue weighted by molar-refractivity contribution is 6.10. The van der Waals surface area contributed by atoms with E-state index in [9.17, 15) is 53.0 Å². The zero-order chi connectivity index (χ0) is 54.0. The fourth-order valence-corrected chi connectivity index (χ4v) is 9.58. The number of halogens is 2. The first-order valence-corrected chi connectivity index (χ1v) is 24.2. The Kier molecular flexibility index (Phi) is 13.8. The monoisotopic (exact) mass is 1030 g/mol. The number of carbonyl (C=O) groups excluding carboxylic acids is 4.